The van der Waals surface area contributed by atoms with Crippen LogP contribution in [0, 0.1) is 0 Å². The second kappa shape index (κ2) is 12.4. The van der Waals surface area contributed by atoms with Crippen molar-refractivity contribution in [1.29, 1.82) is 0 Å². The molecule has 10 aromatic carbocycles. The number of aromatic nitrogens is 4. The van der Waals surface area contributed by atoms with Crippen molar-refractivity contribution in [3.8, 4) is 39.9 Å². The first-order valence-corrected chi connectivity index (χ1v) is 19.4. The smallest absolute Gasteiger partial charge is 0.164 e. The fraction of sp³-hybridized carbons (Fsp3) is 0. The molecule has 57 heavy (non-hydrogen) atoms. The summed E-state index contributed by atoms with van der Waals surface area (Å²) < 4.78 is 2.45. The topological polar surface area (TPSA) is 43.6 Å². The SMILES string of the molecule is c1ccc2cc(-c3nc(-c4ccc5ccccc5c4)nc(-c4ccc(-n5c6ccc7ccccc7c6c6c7ccccc7ccc65)c5ccccc45)n3)ccc2c1. The third-order valence-corrected chi connectivity index (χ3v) is 11.6. The molecule has 0 aliphatic rings. The Morgan fingerprint density at radius 3 is 1.26 bits per heavy atom. The highest BCUT2D eigenvalue weighted by Crippen LogP contribution is 2.43. The van der Waals surface area contributed by atoms with Gasteiger partial charge in [0.15, 0.2) is 17.5 Å². The molecule has 4 heteroatoms. The Morgan fingerprint density at radius 2 is 0.719 bits per heavy atom. The van der Waals surface area contributed by atoms with Crippen LogP contribution in [0.1, 0.15) is 0 Å². The summed E-state index contributed by atoms with van der Waals surface area (Å²) in [5.74, 6) is 1.92. The third-order valence-electron chi connectivity index (χ3n) is 11.6. The quantitative estimate of drug-likeness (QED) is 0.181. The van der Waals surface area contributed by atoms with Crippen LogP contribution in [0.3, 0.4) is 0 Å². The van der Waals surface area contributed by atoms with E-state index < -0.39 is 0 Å². The van der Waals surface area contributed by atoms with Crippen LogP contribution in [0.25, 0.3) is 116 Å². The lowest BCUT2D eigenvalue weighted by Crippen LogP contribution is -2.02. The van der Waals surface area contributed by atoms with Gasteiger partial charge in [0.05, 0.1) is 16.7 Å². The Bertz CT molecular complexity index is 3410. The average Bonchev–Trinajstić information content (AvgIpc) is 3.63. The highest BCUT2D eigenvalue weighted by Gasteiger charge is 2.21. The van der Waals surface area contributed by atoms with Gasteiger partial charge in [0.2, 0.25) is 0 Å². The van der Waals surface area contributed by atoms with Gasteiger partial charge in [-0.05, 0) is 84.9 Å². The number of nitrogens with zero attached hydrogens (tertiary/aromatic N) is 4. The lowest BCUT2D eigenvalue weighted by Gasteiger charge is -2.15. The number of hydrogen-bond donors (Lipinski definition) is 0. The molecule has 0 N–H and O–H groups in total. The molecule has 0 atom stereocenters. The summed E-state index contributed by atoms with van der Waals surface area (Å²) in [4.78, 5) is 15.6. The molecule has 2 heterocycles. The van der Waals surface area contributed by atoms with Gasteiger partial charge >= 0.3 is 0 Å². The first-order valence-electron chi connectivity index (χ1n) is 19.4. The molecule has 0 aliphatic heterocycles. The minimum atomic E-state index is 0.637. The van der Waals surface area contributed by atoms with Crippen LogP contribution in [0.5, 0.6) is 0 Å². The molecule has 0 radical (unpaired) electrons. The Hall–Kier alpha value is -7.69. The Morgan fingerprint density at radius 1 is 0.298 bits per heavy atom. The monoisotopic (exact) mass is 724 g/mol. The maximum Gasteiger partial charge on any atom is 0.164 e. The van der Waals surface area contributed by atoms with E-state index in [1.165, 1.54) is 54.1 Å². The second-order valence-corrected chi connectivity index (χ2v) is 14.8. The zero-order chi connectivity index (χ0) is 37.5. The summed E-state index contributed by atoms with van der Waals surface area (Å²) in [5.41, 5.74) is 6.32. The lowest BCUT2D eigenvalue weighted by atomic mass is 10.00. The molecule has 0 saturated heterocycles. The van der Waals surface area contributed by atoms with Crippen LogP contribution in [0.4, 0.5) is 0 Å². The van der Waals surface area contributed by atoms with E-state index in [1.54, 1.807) is 0 Å². The molecule has 0 saturated carbocycles. The van der Waals surface area contributed by atoms with Gasteiger partial charge in [-0.1, -0.05) is 158 Å². The molecule has 0 spiro atoms. The van der Waals surface area contributed by atoms with Crippen molar-refractivity contribution in [1.82, 2.24) is 19.5 Å². The largest absolute Gasteiger partial charge is 0.309 e. The molecule has 264 valence electrons. The molecule has 0 unspecified atom stereocenters. The molecule has 12 rings (SSSR count). The number of benzene rings is 10. The number of fused-ring (bicyclic) bond motifs is 10. The Labute approximate surface area is 328 Å². The van der Waals surface area contributed by atoms with E-state index in [1.807, 2.05) is 0 Å². The molecular weight excluding hydrogens is 693 g/mol. The first kappa shape index (κ1) is 31.6. The third kappa shape index (κ3) is 4.98. The first-order chi connectivity index (χ1) is 28.2. The highest BCUT2D eigenvalue weighted by atomic mass is 15.0. The van der Waals surface area contributed by atoms with Crippen molar-refractivity contribution in [3.63, 3.8) is 0 Å². The van der Waals surface area contributed by atoms with Crippen molar-refractivity contribution in [2.75, 3.05) is 0 Å². The van der Waals surface area contributed by atoms with Gasteiger partial charge in [-0.3, -0.25) is 0 Å². The molecule has 0 bridgehead atoms. The van der Waals surface area contributed by atoms with E-state index in [2.05, 4.69) is 199 Å². The summed E-state index contributed by atoms with van der Waals surface area (Å²) in [5, 5.41) is 14.4. The second-order valence-electron chi connectivity index (χ2n) is 14.8. The van der Waals surface area contributed by atoms with Crippen molar-refractivity contribution in [2.45, 2.75) is 0 Å². The van der Waals surface area contributed by atoms with Gasteiger partial charge in [-0.25, -0.2) is 15.0 Å². The minimum absolute atomic E-state index is 0.637. The van der Waals surface area contributed by atoms with Crippen LogP contribution >= 0.6 is 0 Å². The summed E-state index contributed by atoms with van der Waals surface area (Å²) in [6.45, 7) is 0. The lowest BCUT2D eigenvalue weighted by molar-refractivity contribution is 1.08. The zero-order valence-corrected chi connectivity index (χ0v) is 30.8. The summed E-state index contributed by atoms with van der Waals surface area (Å²) in [7, 11) is 0. The van der Waals surface area contributed by atoms with Crippen molar-refractivity contribution >= 4 is 75.7 Å². The van der Waals surface area contributed by atoms with Crippen LogP contribution in [0.15, 0.2) is 194 Å². The van der Waals surface area contributed by atoms with Crippen LogP contribution in [-0.4, -0.2) is 19.5 Å². The summed E-state index contributed by atoms with van der Waals surface area (Å²) in [6.07, 6.45) is 0. The van der Waals surface area contributed by atoms with Gasteiger partial charge < -0.3 is 4.57 Å². The van der Waals surface area contributed by atoms with Crippen LogP contribution in [-0.2, 0) is 0 Å². The molecule has 0 fully saturated rings. The molecule has 0 aliphatic carbocycles. The predicted octanol–water partition coefficient (Wildman–Crippen LogP) is 13.7. The van der Waals surface area contributed by atoms with E-state index in [-0.39, 0.29) is 0 Å². The van der Waals surface area contributed by atoms with Crippen molar-refractivity contribution in [3.05, 3.63) is 194 Å². The zero-order valence-electron chi connectivity index (χ0n) is 30.8. The highest BCUT2D eigenvalue weighted by molar-refractivity contribution is 6.29. The van der Waals surface area contributed by atoms with E-state index in [0.717, 1.165) is 43.9 Å². The minimum Gasteiger partial charge on any atom is -0.309 e. The summed E-state index contributed by atoms with van der Waals surface area (Å²) >= 11 is 0. The molecule has 12 aromatic rings. The van der Waals surface area contributed by atoms with Gasteiger partial charge in [-0.2, -0.15) is 0 Å². The maximum absolute atomic E-state index is 5.25. The Balaban J connectivity index is 1.12. The molecule has 4 nitrogen and oxygen atoms in total. The molecule has 0 amide bonds. The number of rotatable bonds is 4. The maximum atomic E-state index is 5.25. The average molecular weight is 725 g/mol. The standard InChI is InChI=1S/C53H32N4/c1-3-15-37-31-39(23-21-33(37)11-1)51-54-52(40-24-22-34-12-2-4-16-38(34)32-40)56-53(55-51)45-27-30-46(44-20-10-9-19-43(44)45)57-47-28-25-35-13-5-7-17-41(35)49(47)50-42-18-8-6-14-36(42)26-29-48(50)57/h1-32H. The van der Waals surface area contributed by atoms with Gasteiger partial charge in [0.1, 0.15) is 0 Å². The van der Waals surface area contributed by atoms with Crippen molar-refractivity contribution in [2.24, 2.45) is 0 Å². The van der Waals surface area contributed by atoms with E-state index in [4.69, 9.17) is 15.0 Å². The van der Waals surface area contributed by atoms with Crippen LogP contribution in [0.2, 0.25) is 0 Å². The number of hydrogen-bond acceptors (Lipinski definition) is 3. The van der Waals surface area contributed by atoms with E-state index in [9.17, 15) is 0 Å². The van der Waals surface area contributed by atoms with Gasteiger partial charge in [0.25, 0.3) is 0 Å². The normalized spacial score (nSPS) is 11.9. The Kier molecular flexibility index (Phi) is 6.89. The van der Waals surface area contributed by atoms with Crippen molar-refractivity contribution < 1.29 is 0 Å². The van der Waals surface area contributed by atoms with Gasteiger partial charge in [-0.15, -0.1) is 0 Å². The fourth-order valence-electron chi connectivity index (χ4n) is 8.89. The molecular formula is C53H32N4. The van der Waals surface area contributed by atoms with E-state index >= 15 is 0 Å². The van der Waals surface area contributed by atoms with E-state index in [0.29, 0.717) is 17.5 Å². The molecule has 2 aromatic heterocycles. The summed E-state index contributed by atoms with van der Waals surface area (Å²) in [6, 6.07) is 69.3. The van der Waals surface area contributed by atoms with Crippen LogP contribution < -0.4 is 0 Å². The van der Waals surface area contributed by atoms with Gasteiger partial charge in [0, 0.05) is 32.8 Å². The predicted molar refractivity (Wildman–Crippen MR) is 238 cm³/mol. The fourth-order valence-corrected chi connectivity index (χ4v) is 8.89.